The van der Waals surface area contributed by atoms with Gasteiger partial charge in [-0.2, -0.15) is 0 Å². The first-order chi connectivity index (χ1) is 8.40. The number of sulfone groups is 1. The first-order valence-corrected chi connectivity index (χ1v) is 7.89. The van der Waals surface area contributed by atoms with Gasteiger partial charge in [0.25, 0.3) is 0 Å². The summed E-state index contributed by atoms with van der Waals surface area (Å²) in [7, 11) is -3.12. The van der Waals surface area contributed by atoms with E-state index in [1.54, 1.807) is 13.0 Å². The summed E-state index contributed by atoms with van der Waals surface area (Å²) in [5.74, 6) is -0.471. The lowest BCUT2D eigenvalue weighted by Gasteiger charge is -2.16. The topological polar surface area (TPSA) is 46.2 Å². The van der Waals surface area contributed by atoms with Gasteiger partial charge >= 0.3 is 0 Å². The maximum absolute atomic E-state index is 13.1. The zero-order chi connectivity index (χ0) is 13.3. The lowest BCUT2D eigenvalue weighted by molar-refractivity contribution is 0.570. The molecule has 2 rings (SSSR count). The van der Waals surface area contributed by atoms with Crippen molar-refractivity contribution in [2.45, 2.75) is 24.6 Å². The average Bonchev–Trinajstić information content (AvgIpc) is 2.43. The highest BCUT2D eigenvalue weighted by Crippen LogP contribution is 2.25. The maximum atomic E-state index is 13.1. The highest BCUT2D eigenvalue weighted by molar-refractivity contribution is 7.92. The van der Waals surface area contributed by atoms with Gasteiger partial charge in [0.1, 0.15) is 5.82 Å². The van der Waals surface area contributed by atoms with E-state index in [1.807, 2.05) is 0 Å². The van der Waals surface area contributed by atoms with Crippen molar-refractivity contribution in [3.8, 4) is 0 Å². The molecule has 0 spiro atoms. The fourth-order valence-electron chi connectivity index (χ4n) is 2.04. The fourth-order valence-corrected chi connectivity index (χ4v) is 3.81. The average molecular weight is 292 g/mol. The molecule has 1 aliphatic heterocycles. The van der Waals surface area contributed by atoms with Crippen LogP contribution in [-0.4, -0.2) is 26.0 Å². The highest BCUT2D eigenvalue weighted by Gasteiger charge is 2.29. The van der Waals surface area contributed by atoms with Crippen LogP contribution >= 0.6 is 11.6 Å². The van der Waals surface area contributed by atoms with Crippen LogP contribution in [0.3, 0.4) is 0 Å². The second-order valence-corrected chi connectivity index (χ2v) is 7.48. The third-order valence-corrected chi connectivity index (χ3v) is 5.85. The summed E-state index contributed by atoms with van der Waals surface area (Å²) in [4.78, 5) is 0. The van der Waals surface area contributed by atoms with E-state index < -0.39 is 15.7 Å². The molecule has 0 aliphatic carbocycles. The molecule has 100 valence electrons. The van der Waals surface area contributed by atoms with Gasteiger partial charge in [-0.25, -0.2) is 12.8 Å². The van der Waals surface area contributed by atoms with Crippen molar-refractivity contribution in [3.63, 3.8) is 0 Å². The predicted octanol–water partition coefficient (Wildman–Crippen LogP) is 2.32. The zero-order valence-electron chi connectivity index (χ0n) is 9.99. The molecule has 0 saturated carbocycles. The molecule has 1 aromatic carbocycles. The Kier molecular flexibility index (Phi) is 3.94. The van der Waals surface area contributed by atoms with Crippen molar-refractivity contribution in [2.24, 2.45) is 0 Å². The van der Waals surface area contributed by atoms with Crippen LogP contribution in [0, 0.1) is 5.82 Å². The van der Waals surface area contributed by atoms with Crippen molar-refractivity contribution in [1.29, 1.82) is 0 Å². The van der Waals surface area contributed by atoms with E-state index in [0.29, 0.717) is 18.5 Å². The van der Waals surface area contributed by atoms with E-state index in [4.69, 9.17) is 11.6 Å². The standard InChI is InChI=1S/C12H15ClFNO2S/c1-8-4-5-15-12(7-18(8,16)17)9-2-3-11(14)10(13)6-9/h2-3,6,8,12,15H,4-5,7H2,1H3. The molecule has 0 aromatic heterocycles. The number of nitrogens with one attached hydrogen (secondary N) is 1. The Morgan fingerprint density at radius 1 is 1.44 bits per heavy atom. The second kappa shape index (κ2) is 5.15. The normalized spacial score (nSPS) is 27.7. The van der Waals surface area contributed by atoms with Crippen LogP contribution in [0.15, 0.2) is 18.2 Å². The number of hydrogen-bond acceptors (Lipinski definition) is 3. The van der Waals surface area contributed by atoms with E-state index in [-0.39, 0.29) is 22.1 Å². The van der Waals surface area contributed by atoms with Crippen molar-refractivity contribution < 1.29 is 12.8 Å². The molecule has 0 bridgehead atoms. The summed E-state index contributed by atoms with van der Waals surface area (Å²) in [5.41, 5.74) is 0.707. The molecular weight excluding hydrogens is 277 g/mol. The minimum absolute atomic E-state index is 0.0176. The summed E-state index contributed by atoms with van der Waals surface area (Å²) >= 11 is 5.72. The van der Waals surface area contributed by atoms with Crippen molar-refractivity contribution in [1.82, 2.24) is 5.32 Å². The fraction of sp³-hybridized carbons (Fsp3) is 0.500. The summed E-state index contributed by atoms with van der Waals surface area (Å²) in [6.07, 6.45) is 0.591. The predicted molar refractivity (Wildman–Crippen MR) is 70.0 cm³/mol. The van der Waals surface area contributed by atoms with Crippen molar-refractivity contribution in [3.05, 3.63) is 34.6 Å². The lowest BCUT2D eigenvalue weighted by atomic mass is 10.1. The van der Waals surface area contributed by atoms with Gasteiger partial charge in [-0.05, 0) is 37.6 Å². The van der Waals surface area contributed by atoms with Gasteiger partial charge in [-0.1, -0.05) is 17.7 Å². The van der Waals surface area contributed by atoms with Crippen LogP contribution in [0.2, 0.25) is 5.02 Å². The van der Waals surface area contributed by atoms with E-state index in [1.165, 1.54) is 12.1 Å². The molecule has 1 fully saturated rings. The first kappa shape index (κ1) is 13.8. The minimum Gasteiger partial charge on any atom is -0.309 e. The van der Waals surface area contributed by atoms with Crippen molar-refractivity contribution >= 4 is 21.4 Å². The summed E-state index contributed by atoms with van der Waals surface area (Å²) < 4.78 is 37.1. The first-order valence-electron chi connectivity index (χ1n) is 5.80. The van der Waals surface area contributed by atoms with Crippen LogP contribution < -0.4 is 5.32 Å². The Balaban J connectivity index is 2.30. The van der Waals surface area contributed by atoms with Crippen LogP contribution in [0.4, 0.5) is 4.39 Å². The molecule has 1 N–H and O–H groups in total. The Morgan fingerprint density at radius 3 is 2.83 bits per heavy atom. The molecule has 1 aliphatic rings. The quantitative estimate of drug-likeness (QED) is 0.864. The number of hydrogen-bond donors (Lipinski definition) is 1. The summed E-state index contributed by atoms with van der Waals surface area (Å²) in [5, 5.41) is 2.85. The lowest BCUT2D eigenvalue weighted by Crippen LogP contribution is -2.26. The third kappa shape index (κ3) is 2.84. The third-order valence-electron chi connectivity index (χ3n) is 3.30. The van der Waals surface area contributed by atoms with E-state index >= 15 is 0 Å². The molecule has 6 heteroatoms. The molecular formula is C12H15ClFNO2S. The molecule has 2 unspecified atom stereocenters. The van der Waals surface area contributed by atoms with Gasteiger partial charge in [-0.15, -0.1) is 0 Å². The van der Waals surface area contributed by atoms with Gasteiger partial charge in [-0.3, -0.25) is 0 Å². The molecule has 3 nitrogen and oxygen atoms in total. The van der Waals surface area contributed by atoms with Crippen LogP contribution in [0.25, 0.3) is 0 Å². The minimum atomic E-state index is -3.12. The Morgan fingerprint density at radius 2 is 2.17 bits per heavy atom. The van der Waals surface area contributed by atoms with E-state index in [0.717, 1.165) is 0 Å². The Hall–Kier alpha value is -0.650. The number of benzene rings is 1. The van der Waals surface area contributed by atoms with Crippen LogP contribution in [0.1, 0.15) is 24.9 Å². The van der Waals surface area contributed by atoms with Gasteiger partial charge in [0.15, 0.2) is 9.84 Å². The molecule has 1 saturated heterocycles. The number of rotatable bonds is 1. The van der Waals surface area contributed by atoms with E-state index in [9.17, 15) is 12.8 Å². The maximum Gasteiger partial charge on any atom is 0.154 e. The highest BCUT2D eigenvalue weighted by atomic mass is 35.5. The van der Waals surface area contributed by atoms with Crippen molar-refractivity contribution in [2.75, 3.05) is 12.3 Å². The van der Waals surface area contributed by atoms with Gasteiger partial charge in [0, 0.05) is 6.04 Å². The largest absolute Gasteiger partial charge is 0.309 e. The zero-order valence-corrected chi connectivity index (χ0v) is 11.6. The molecule has 18 heavy (non-hydrogen) atoms. The molecule has 2 atom stereocenters. The second-order valence-electron chi connectivity index (χ2n) is 4.61. The monoisotopic (exact) mass is 291 g/mol. The SMILES string of the molecule is CC1CCNC(c2ccc(F)c(Cl)c2)CS1(=O)=O. The smallest absolute Gasteiger partial charge is 0.154 e. The van der Waals surface area contributed by atoms with Gasteiger partial charge in [0.05, 0.1) is 16.0 Å². The van der Waals surface area contributed by atoms with Crippen LogP contribution in [0.5, 0.6) is 0 Å². The molecule has 1 aromatic rings. The molecule has 0 amide bonds. The van der Waals surface area contributed by atoms with E-state index in [2.05, 4.69) is 5.32 Å². The Bertz CT molecular complexity index is 547. The summed E-state index contributed by atoms with van der Waals surface area (Å²) in [6, 6.07) is 4.00. The Labute approximate surface area is 111 Å². The molecule has 0 radical (unpaired) electrons. The van der Waals surface area contributed by atoms with Gasteiger partial charge in [0.2, 0.25) is 0 Å². The van der Waals surface area contributed by atoms with Crippen LogP contribution in [-0.2, 0) is 9.84 Å². The molecule has 1 heterocycles. The summed E-state index contributed by atoms with van der Waals surface area (Å²) in [6.45, 7) is 2.34. The number of halogens is 2. The van der Waals surface area contributed by atoms with Gasteiger partial charge < -0.3 is 5.32 Å².